The molecule has 14 heavy (non-hydrogen) atoms. The maximum absolute atomic E-state index is 10.8. The first-order valence-corrected chi connectivity index (χ1v) is 4.63. The Morgan fingerprint density at radius 3 is 2.93 bits per heavy atom. The van der Waals surface area contributed by atoms with Gasteiger partial charge in [-0.15, -0.1) is 0 Å². The van der Waals surface area contributed by atoms with E-state index >= 15 is 0 Å². The topological polar surface area (TPSA) is 67.5 Å². The lowest BCUT2D eigenvalue weighted by molar-refractivity contribution is 0.0689. The van der Waals surface area contributed by atoms with E-state index in [0.29, 0.717) is 10.1 Å². The number of fused-ring (bicyclic) bond motifs is 1. The van der Waals surface area contributed by atoms with E-state index in [2.05, 4.69) is 26.0 Å². The number of carbonyl (C=O) groups is 1. The molecule has 72 valence electrons. The average Bonchev–Trinajstić information content (AvgIpc) is 2.46. The Hall–Kier alpha value is -1.43. The van der Waals surface area contributed by atoms with Crippen molar-refractivity contribution in [2.45, 2.75) is 6.92 Å². The first-order valence-electron chi connectivity index (χ1n) is 3.84. The minimum atomic E-state index is -1.07. The van der Waals surface area contributed by atoms with Crippen LogP contribution in [0.1, 0.15) is 16.2 Å². The van der Waals surface area contributed by atoms with Gasteiger partial charge in [-0.05, 0) is 28.9 Å². The molecule has 0 aliphatic carbocycles. The number of hydrogen-bond donors (Lipinski definition) is 1. The van der Waals surface area contributed by atoms with Crippen LogP contribution in [0.3, 0.4) is 0 Å². The summed E-state index contributed by atoms with van der Waals surface area (Å²) in [5.74, 6) is -1.07. The molecule has 0 aliphatic heterocycles. The summed E-state index contributed by atoms with van der Waals surface area (Å²) < 4.78 is 1.90. The normalized spacial score (nSPS) is 10.7. The molecule has 2 rings (SSSR count). The molecule has 2 heterocycles. The molecule has 0 unspecified atom stereocenters. The quantitative estimate of drug-likeness (QED) is 0.839. The lowest BCUT2D eigenvalue weighted by Gasteiger charge is -1.95. The number of rotatable bonds is 1. The number of nitrogens with zero attached hydrogens (tertiary/aromatic N) is 3. The van der Waals surface area contributed by atoms with Crippen molar-refractivity contribution in [3.8, 4) is 0 Å². The minimum absolute atomic E-state index is 0.0215. The Morgan fingerprint density at radius 1 is 1.64 bits per heavy atom. The molecule has 1 N–H and O–H groups in total. The highest BCUT2D eigenvalue weighted by Gasteiger charge is 2.17. The van der Waals surface area contributed by atoms with Gasteiger partial charge >= 0.3 is 5.97 Å². The van der Waals surface area contributed by atoms with Crippen molar-refractivity contribution < 1.29 is 9.90 Å². The van der Waals surface area contributed by atoms with Crippen molar-refractivity contribution in [2.24, 2.45) is 0 Å². The van der Waals surface area contributed by atoms with Gasteiger partial charge in [0.15, 0.2) is 11.3 Å². The molecule has 0 aromatic carbocycles. The van der Waals surface area contributed by atoms with Gasteiger partial charge in [-0.3, -0.25) is 0 Å². The van der Waals surface area contributed by atoms with Crippen LogP contribution in [0.15, 0.2) is 16.7 Å². The first kappa shape index (κ1) is 9.14. The molecule has 2 aromatic rings. The predicted molar refractivity (Wildman–Crippen MR) is 52.4 cm³/mol. The first-order chi connectivity index (χ1) is 6.61. The number of aromatic carboxylic acids is 1. The second kappa shape index (κ2) is 3.06. The fourth-order valence-corrected chi connectivity index (χ4v) is 1.69. The molecule has 2 aromatic heterocycles. The third-order valence-corrected chi connectivity index (χ3v) is 2.58. The van der Waals surface area contributed by atoms with Crippen LogP contribution in [-0.2, 0) is 0 Å². The van der Waals surface area contributed by atoms with E-state index in [-0.39, 0.29) is 5.69 Å². The van der Waals surface area contributed by atoms with E-state index in [1.54, 1.807) is 12.3 Å². The molecule has 0 bridgehead atoms. The molecule has 0 aliphatic rings. The summed E-state index contributed by atoms with van der Waals surface area (Å²) in [6, 6.07) is 1.76. The van der Waals surface area contributed by atoms with Gasteiger partial charge in [0.2, 0.25) is 0 Å². The van der Waals surface area contributed by atoms with Gasteiger partial charge in [-0.25, -0.2) is 14.3 Å². The molecule has 6 heteroatoms. The number of halogens is 1. The second-order valence-electron chi connectivity index (χ2n) is 2.79. The molecule has 0 fully saturated rings. The van der Waals surface area contributed by atoms with E-state index < -0.39 is 5.97 Å². The van der Waals surface area contributed by atoms with E-state index in [0.717, 1.165) is 5.69 Å². The third kappa shape index (κ3) is 1.19. The molecule has 0 saturated heterocycles. The molecule has 0 spiro atoms. The fraction of sp³-hybridized carbons (Fsp3) is 0.125. The largest absolute Gasteiger partial charge is 0.476 e. The van der Waals surface area contributed by atoms with Crippen LogP contribution < -0.4 is 0 Å². The maximum Gasteiger partial charge on any atom is 0.357 e. The zero-order chi connectivity index (χ0) is 10.3. The van der Waals surface area contributed by atoms with Crippen molar-refractivity contribution >= 4 is 27.5 Å². The van der Waals surface area contributed by atoms with Crippen LogP contribution in [0.2, 0.25) is 0 Å². The SMILES string of the molecule is Cc1ccnc2c(Br)c(C(=O)O)nn12. The molecule has 5 nitrogen and oxygen atoms in total. The standard InChI is InChI=1S/C8H6BrN3O2/c1-4-2-3-10-7-5(9)6(8(13)14)11-12(4)7/h2-3H,1H3,(H,13,14). The number of hydrogen-bond acceptors (Lipinski definition) is 3. The maximum atomic E-state index is 10.8. The highest BCUT2D eigenvalue weighted by atomic mass is 79.9. The summed E-state index contributed by atoms with van der Waals surface area (Å²) in [7, 11) is 0. The average molecular weight is 256 g/mol. The fourth-order valence-electron chi connectivity index (χ4n) is 1.17. The van der Waals surface area contributed by atoms with Crippen molar-refractivity contribution in [1.29, 1.82) is 0 Å². The number of carboxylic acid groups (broad SMARTS) is 1. The Labute approximate surface area is 87.5 Å². The highest BCUT2D eigenvalue weighted by Crippen LogP contribution is 2.21. The molecular formula is C8H6BrN3O2. The lowest BCUT2D eigenvalue weighted by Crippen LogP contribution is -1.99. The molecule has 0 amide bonds. The molecule has 0 radical (unpaired) electrons. The molecule has 0 atom stereocenters. The van der Waals surface area contributed by atoms with Gasteiger partial charge in [-0.2, -0.15) is 5.10 Å². The summed E-state index contributed by atoms with van der Waals surface area (Å²) >= 11 is 3.16. The van der Waals surface area contributed by atoms with Crippen molar-refractivity contribution in [3.63, 3.8) is 0 Å². The predicted octanol–water partition coefficient (Wildman–Crippen LogP) is 1.50. The van der Waals surface area contributed by atoms with Gasteiger partial charge in [0.25, 0.3) is 0 Å². The summed E-state index contributed by atoms with van der Waals surface area (Å²) in [5.41, 5.74) is 1.33. The Morgan fingerprint density at radius 2 is 2.36 bits per heavy atom. The Balaban J connectivity index is 2.86. The van der Waals surface area contributed by atoms with Crippen molar-refractivity contribution in [3.05, 3.63) is 28.1 Å². The monoisotopic (exact) mass is 255 g/mol. The third-order valence-electron chi connectivity index (χ3n) is 1.85. The van der Waals surface area contributed by atoms with E-state index in [1.807, 2.05) is 6.92 Å². The van der Waals surface area contributed by atoms with Gasteiger partial charge in [-0.1, -0.05) is 0 Å². The number of aromatic nitrogens is 3. The number of aryl methyl sites for hydroxylation is 1. The Bertz CT molecular complexity index is 521. The number of carboxylic acids is 1. The van der Waals surface area contributed by atoms with Crippen LogP contribution in [0.25, 0.3) is 5.65 Å². The van der Waals surface area contributed by atoms with E-state index in [9.17, 15) is 4.79 Å². The van der Waals surface area contributed by atoms with Crippen LogP contribution in [-0.4, -0.2) is 25.7 Å². The highest BCUT2D eigenvalue weighted by molar-refractivity contribution is 9.10. The molecular weight excluding hydrogens is 250 g/mol. The van der Waals surface area contributed by atoms with E-state index in [1.165, 1.54) is 4.52 Å². The summed E-state index contributed by atoms with van der Waals surface area (Å²) in [4.78, 5) is 14.8. The van der Waals surface area contributed by atoms with E-state index in [4.69, 9.17) is 5.11 Å². The summed E-state index contributed by atoms with van der Waals surface area (Å²) in [6.07, 6.45) is 1.61. The Kier molecular flexibility index (Phi) is 1.99. The zero-order valence-electron chi connectivity index (χ0n) is 7.23. The van der Waals surface area contributed by atoms with Crippen LogP contribution >= 0.6 is 15.9 Å². The van der Waals surface area contributed by atoms with Gasteiger partial charge < -0.3 is 5.11 Å². The second-order valence-corrected chi connectivity index (χ2v) is 3.58. The lowest BCUT2D eigenvalue weighted by atomic mass is 10.4. The van der Waals surface area contributed by atoms with Gasteiger partial charge in [0.1, 0.15) is 0 Å². The van der Waals surface area contributed by atoms with Crippen LogP contribution in [0.5, 0.6) is 0 Å². The minimum Gasteiger partial charge on any atom is -0.476 e. The molecule has 0 saturated carbocycles. The van der Waals surface area contributed by atoms with Crippen molar-refractivity contribution in [2.75, 3.05) is 0 Å². The van der Waals surface area contributed by atoms with Crippen LogP contribution in [0.4, 0.5) is 0 Å². The summed E-state index contributed by atoms with van der Waals surface area (Å²) in [6.45, 7) is 1.83. The van der Waals surface area contributed by atoms with Crippen molar-refractivity contribution in [1.82, 2.24) is 14.6 Å². The van der Waals surface area contributed by atoms with Gasteiger partial charge in [0, 0.05) is 11.9 Å². The van der Waals surface area contributed by atoms with Gasteiger partial charge in [0.05, 0.1) is 4.47 Å². The van der Waals surface area contributed by atoms with Crippen LogP contribution in [0, 0.1) is 6.92 Å². The zero-order valence-corrected chi connectivity index (χ0v) is 8.82. The smallest absolute Gasteiger partial charge is 0.357 e. The summed E-state index contributed by atoms with van der Waals surface area (Å²) in [5, 5.41) is 12.7.